The van der Waals surface area contributed by atoms with Crippen LogP contribution in [0.1, 0.15) is 31.3 Å². The van der Waals surface area contributed by atoms with Crippen molar-refractivity contribution in [3.63, 3.8) is 0 Å². The van der Waals surface area contributed by atoms with Crippen molar-refractivity contribution in [2.75, 3.05) is 6.54 Å². The van der Waals surface area contributed by atoms with Crippen molar-refractivity contribution in [2.24, 2.45) is 0 Å². The monoisotopic (exact) mass is 274 g/mol. The summed E-state index contributed by atoms with van der Waals surface area (Å²) in [4.78, 5) is 30.0. The number of carbonyl (C=O) groups excluding carboxylic acids is 2. The molecule has 0 bridgehead atoms. The fourth-order valence-corrected chi connectivity index (χ4v) is 1.91. The van der Waals surface area contributed by atoms with Gasteiger partial charge >= 0.3 is 0 Å². The number of carbonyl (C=O) groups is 2. The molecule has 2 rings (SSSR count). The molecule has 0 unspecified atom stereocenters. The Morgan fingerprint density at radius 1 is 1.40 bits per heavy atom. The number of aryl methyl sites for hydroxylation is 1. The summed E-state index contributed by atoms with van der Waals surface area (Å²) in [5, 5.41) is 5.23. The second-order valence-electron chi connectivity index (χ2n) is 4.84. The number of benzene rings is 1. The third kappa shape index (κ3) is 3.34. The van der Waals surface area contributed by atoms with Gasteiger partial charge in [-0.3, -0.25) is 9.59 Å². The fraction of sp³-hybridized carbons (Fsp3) is 0.357. The van der Waals surface area contributed by atoms with E-state index in [9.17, 15) is 9.59 Å². The molecule has 0 radical (unpaired) electrons. The molecule has 0 spiro atoms. The largest absolute Gasteiger partial charge is 0.347 e. The van der Waals surface area contributed by atoms with Crippen LogP contribution in [0.25, 0.3) is 11.0 Å². The van der Waals surface area contributed by atoms with Crippen molar-refractivity contribution in [2.45, 2.75) is 26.8 Å². The molecule has 3 N–H and O–H groups in total. The first kappa shape index (κ1) is 14.0. The molecule has 2 amide bonds. The van der Waals surface area contributed by atoms with Gasteiger partial charge in [-0.25, -0.2) is 4.98 Å². The Labute approximate surface area is 117 Å². The first-order chi connectivity index (χ1) is 9.45. The quantitative estimate of drug-likeness (QED) is 0.782. The summed E-state index contributed by atoms with van der Waals surface area (Å²) in [5.41, 5.74) is 2.96. The number of aromatic amines is 1. The highest BCUT2D eigenvalue weighted by atomic mass is 16.2. The van der Waals surface area contributed by atoms with Gasteiger partial charge in [0.15, 0.2) is 0 Å². The summed E-state index contributed by atoms with van der Waals surface area (Å²) in [5.74, 6) is 0.220. The predicted molar refractivity (Wildman–Crippen MR) is 76.1 cm³/mol. The molecule has 2 aromatic rings. The van der Waals surface area contributed by atoms with Crippen molar-refractivity contribution >= 4 is 22.8 Å². The van der Waals surface area contributed by atoms with E-state index in [1.54, 1.807) is 0 Å². The SMILES string of the molecule is CC(=O)NCC(=O)N[C@@H](C)c1nc2ccc(C)cc2[nH]1. The van der Waals surface area contributed by atoms with Crippen molar-refractivity contribution in [3.8, 4) is 0 Å². The molecule has 1 aromatic carbocycles. The molecule has 0 aliphatic rings. The maximum Gasteiger partial charge on any atom is 0.239 e. The van der Waals surface area contributed by atoms with Gasteiger partial charge in [0.05, 0.1) is 23.6 Å². The van der Waals surface area contributed by atoms with E-state index in [4.69, 9.17) is 0 Å². The molecule has 1 aromatic heterocycles. The zero-order chi connectivity index (χ0) is 14.7. The van der Waals surface area contributed by atoms with Crippen LogP contribution >= 0.6 is 0 Å². The lowest BCUT2D eigenvalue weighted by atomic mass is 10.2. The van der Waals surface area contributed by atoms with Crippen LogP contribution in [0.2, 0.25) is 0 Å². The lowest BCUT2D eigenvalue weighted by molar-refractivity contribution is -0.125. The second kappa shape index (κ2) is 5.73. The van der Waals surface area contributed by atoms with E-state index in [0.29, 0.717) is 5.82 Å². The minimum Gasteiger partial charge on any atom is -0.347 e. The number of hydrogen-bond donors (Lipinski definition) is 3. The third-order valence-corrected chi connectivity index (χ3v) is 2.94. The summed E-state index contributed by atoms with van der Waals surface area (Å²) in [6, 6.07) is 5.70. The molecule has 0 saturated carbocycles. The zero-order valence-electron chi connectivity index (χ0n) is 11.8. The Morgan fingerprint density at radius 2 is 2.15 bits per heavy atom. The summed E-state index contributed by atoms with van der Waals surface area (Å²) in [6.07, 6.45) is 0. The van der Waals surface area contributed by atoms with Crippen LogP contribution in [0.15, 0.2) is 18.2 Å². The van der Waals surface area contributed by atoms with Gasteiger partial charge in [-0.15, -0.1) is 0 Å². The molecule has 6 heteroatoms. The number of nitrogens with zero attached hydrogens (tertiary/aromatic N) is 1. The molecule has 6 nitrogen and oxygen atoms in total. The first-order valence-electron chi connectivity index (χ1n) is 6.46. The minimum absolute atomic E-state index is 0.0288. The summed E-state index contributed by atoms with van der Waals surface area (Å²) in [6.45, 7) is 5.20. The molecule has 1 heterocycles. The highest BCUT2D eigenvalue weighted by Gasteiger charge is 2.13. The molecule has 0 saturated heterocycles. The summed E-state index contributed by atoms with van der Waals surface area (Å²) >= 11 is 0. The van der Waals surface area contributed by atoms with Gasteiger partial charge in [-0.1, -0.05) is 6.07 Å². The van der Waals surface area contributed by atoms with Crippen LogP contribution in [0.4, 0.5) is 0 Å². The fourth-order valence-electron chi connectivity index (χ4n) is 1.91. The van der Waals surface area contributed by atoms with Gasteiger partial charge in [0.2, 0.25) is 11.8 Å². The highest BCUT2D eigenvalue weighted by Crippen LogP contribution is 2.17. The Balaban J connectivity index is 2.05. The maximum atomic E-state index is 11.6. The average Bonchev–Trinajstić information content (AvgIpc) is 2.79. The number of aromatic nitrogens is 2. The van der Waals surface area contributed by atoms with Gasteiger partial charge in [0.1, 0.15) is 5.82 Å². The van der Waals surface area contributed by atoms with E-state index in [1.165, 1.54) is 6.92 Å². The van der Waals surface area contributed by atoms with Crippen LogP contribution in [-0.2, 0) is 9.59 Å². The third-order valence-electron chi connectivity index (χ3n) is 2.94. The van der Waals surface area contributed by atoms with Crippen molar-refractivity contribution in [3.05, 3.63) is 29.6 Å². The first-order valence-corrected chi connectivity index (χ1v) is 6.46. The van der Waals surface area contributed by atoms with Gasteiger partial charge in [0.25, 0.3) is 0 Å². The molecular formula is C14H18N4O2. The van der Waals surface area contributed by atoms with Gasteiger partial charge in [-0.05, 0) is 31.5 Å². The van der Waals surface area contributed by atoms with Gasteiger partial charge in [0, 0.05) is 6.92 Å². The Morgan fingerprint density at radius 3 is 2.85 bits per heavy atom. The van der Waals surface area contributed by atoms with E-state index in [2.05, 4.69) is 20.6 Å². The number of amides is 2. The molecule has 1 atom stereocenters. The number of fused-ring (bicyclic) bond motifs is 1. The highest BCUT2D eigenvalue weighted by molar-refractivity contribution is 5.84. The van der Waals surface area contributed by atoms with Crippen molar-refractivity contribution < 1.29 is 9.59 Å². The van der Waals surface area contributed by atoms with Gasteiger partial charge in [-0.2, -0.15) is 0 Å². The van der Waals surface area contributed by atoms with Crippen LogP contribution in [0, 0.1) is 6.92 Å². The number of hydrogen-bond acceptors (Lipinski definition) is 3. The van der Waals surface area contributed by atoms with Crippen LogP contribution in [0.3, 0.4) is 0 Å². The van der Waals surface area contributed by atoms with Crippen LogP contribution < -0.4 is 10.6 Å². The van der Waals surface area contributed by atoms with E-state index in [-0.39, 0.29) is 24.4 Å². The van der Waals surface area contributed by atoms with Crippen LogP contribution in [0.5, 0.6) is 0 Å². The molecule has 106 valence electrons. The topological polar surface area (TPSA) is 86.9 Å². The lowest BCUT2D eigenvalue weighted by Gasteiger charge is -2.11. The normalized spacial score (nSPS) is 12.2. The zero-order valence-corrected chi connectivity index (χ0v) is 11.8. The van der Waals surface area contributed by atoms with Gasteiger partial charge < -0.3 is 15.6 Å². The Kier molecular flexibility index (Phi) is 4.02. The van der Waals surface area contributed by atoms with Crippen molar-refractivity contribution in [1.29, 1.82) is 0 Å². The van der Waals surface area contributed by atoms with E-state index >= 15 is 0 Å². The molecule has 0 aliphatic carbocycles. The predicted octanol–water partition coefficient (Wildman–Crippen LogP) is 1.18. The van der Waals surface area contributed by atoms with E-state index in [0.717, 1.165) is 16.6 Å². The number of H-pyrrole nitrogens is 1. The Bertz CT molecular complexity index is 648. The van der Waals surface area contributed by atoms with Crippen molar-refractivity contribution in [1.82, 2.24) is 20.6 Å². The number of nitrogens with one attached hydrogen (secondary N) is 3. The number of imidazole rings is 1. The standard InChI is InChI=1S/C14H18N4O2/c1-8-4-5-11-12(6-8)18-14(17-11)9(2)16-13(20)7-15-10(3)19/h4-6,9H,7H2,1-3H3,(H,15,19)(H,16,20)(H,17,18)/t9-/m0/s1. The maximum absolute atomic E-state index is 11.6. The van der Waals surface area contributed by atoms with Crippen LogP contribution in [-0.4, -0.2) is 28.3 Å². The summed E-state index contributed by atoms with van der Waals surface area (Å²) in [7, 11) is 0. The smallest absolute Gasteiger partial charge is 0.239 e. The molecule has 0 fully saturated rings. The second-order valence-corrected chi connectivity index (χ2v) is 4.84. The lowest BCUT2D eigenvalue weighted by Crippen LogP contribution is -2.37. The minimum atomic E-state index is -0.246. The van der Waals surface area contributed by atoms with E-state index in [1.807, 2.05) is 32.0 Å². The Hall–Kier alpha value is -2.37. The molecule has 0 aliphatic heterocycles. The molecule has 20 heavy (non-hydrogen) atoms. The summed E-state index contributed by atoms with van der Waals surface area (Å²) < 4.78 is 0. The molecular weight excluding hydrogens is 256 g/mol. The average molecular weight is 274 g/mol. The number of rotatable bonds is 4. The van der Waals surface area contributed by atoms with E-state index < -0.39 is 0 Å².